The molecule has 7 nitrogen and oxygen atoms in total. The van der Waals surface area contributed by atoms with Crippen LogP contribution in [-0.2, 0) is 0 Å². The molecule has 0 atom stereocenters. The summed E-state index contributed by atoms with van der Waals surface area (Å²) in [6.07, 6.45) is 3.74. The highest BCUT2D eigenvalue weighted by molar-refractivity contribution is 5.41. The molecule has 0 saturated carbocycles. The normalized spacial score (nSPS) is 15.5. The SMILES string of the molecule is COc1ccnc(NC2CCN(c3cc(C)nc(C)n3)CC2)n1. The molecular weight excluding hydrogens is 292 g/mol. The highest BCUT2D eigenvalue weighted by Crippen LogP contribution is 2.20. The minimum atomic E-state index is 0.363. The van der Waals surface area contributed by atoms with Crippen molar-refractivity contribution in [3.8, 4) is 5.88 Å². The summed E-state index contributed by atoms with van der Waals surface area (Å²) in [5.74, 6) is 3.04. The van der Waals surface area contributed by atoms with Crippen LogP contribution in [0.1, 0.15) is 24.4 Å². The molecule has 0 aliphatic carbocycles. The summed E-state index contributed by atoms with van der Waals surface area (Å²) in [7, 11) is 1.61. The van der Waals surface area contributed by atoms with Gasteiger partial charge < -0.3 is 15.0 Å². The van der Waals surface area contributed by atoms with E-state index in [1.807, 2.05) is 19.9 Å². The standard InChI is InChI=1S/C16H22N6O/c1-11-10-14(19-12(2)18-11)22-8-5-13(6-9-22)20-16-17-7-4-15(21-16)23-3/h4,7,10,13H,5-6,8-9H2,1-3H3,(H,17,20,21). The van der Waals surface area contributed by atoms with Gasteiger partial charge in [0, 0.05) is 43.2 Å². The van der Waals surface area contributed by atoms with Crippen LogP contribution in [0.2, 0.25) is 0 Å². The van der Waals surface area contributed by atoms with Crippen molar-refractivity contribution < 1.29 is 4.74 Å². The minimum Gasteiger partial charge on any atom is -0.481 e. The van der Waals surface area contributed by atoms with Gasteiger partial charge in [0.2, 0.25) is 11.8 Å². The molecule has 3 heterocycles. The molecule has 1 N–H and O–H groups in total. The Balaban J connectivity index is 1.59. The largest absolute Gasteiger partial charge is 0.481 e. The Morgan fingerprint density at radius 1 is 1.17 bits per heavy atom. The van der Waals surface area contributed by atoms with Gasteiger partial charge in [-0.15, -0.1) is 0 Å². The maximum absolute atomic E-state index is 5.13. The summed E-state index contributed by atoms with van der Waals surface area (Å²) in [5, 5.41) is 3.39. The van der Waals surface area contributed by atoms with Crippen LogP contribution in [0, 0.1) is 13.8 Å². The third kappa shape index (κ3) is 3.85. The molecule has 0 unspecified atom stereocenters. The zero-order chi connectivity index (χ0) is 16.2. The lowest BCUT2D eigenvalue weighted by atomic mass is 10.1. The second-order valence-corrected chi connectivity index (χ2v) is 5.74. The van der Waals surface area contributed by atoms with Gasteiger partial charge in [-0.05, 0) is 26.7 Å². The number of aryl methyl sites for hydroxylation is 2. The number of methoxy groups -OCH3 is 1. The van der Waals surface area contributed by atoms with Gasteiger partial charge in [-0.25, -0.2) is 15.0 Å². The lowest BCUT2D eigenvalue weighted by Gasteiger charge is -2.33. The average molecular weight is 314 g/mol. The van der Waals surface area contributed by atoms with Gasteiger partial charge in [-0.3, -0.25) is 0 Å². The number of ether oxygens (including phenoxy) is 1. The number of nitrogens with zero attached hydrogens (tertiary/aromatic N) is 5. The first-order valence-corrected chi connectivity index (χ1v) is 7.85. The smallest absolute Gasteiger partial charge is 0.226 e. The van der Waals surface area contributed by atoms with E-state index in [9.17, 15) is 0 Å². The second-order valence-electron chi connectivity index (χ2n) is 5.74. The first kappa shape index (κ1) is 15.5. The van der Waals surface area contributed by atoms with Crippen LogP contribution in [0.5, 0.6) is 5.88 Å². The number of rotatable bonds is 4. The molecule has 1 saturated heterocycles. The van der Waals surface area contributed by atoms with Crippen LogP contribution in [0.4, 0.5) is 11.8 Å². The lowest BCUT2D eigenvalue weighted by Crippen LogP contribution is -2.40. The molecule has 0 spiro atoms. The van der Waals surface area contributed by atoms with Crippen LogP contribution in [0.25, 0.3) is 0 Å². The van der Waals surface area contributed by atoms with Crippen molar-refractivity contribution >= 4 is 11.8 Å². The zero-order valence-corrected chi connectivity index (χ0v) is 13.8. The molecule has 2 aromatic rings. The molecule has 122 valence electrons. The highest BCUT2D eigenvalue weighted by Gasteiger charge is 2.21. The average Bonchev–Trinajstić information content (AvgIpc) is 2.55. The number of nitrogens with one attached hydrogen (secondary N) is 1. The van der Waals surface area contributed by atoms with Gasteiger partial charge in [-0.2, -0.15) is 4.98 Å². The minimum absolute atomic E-state index is 0.363. The molecule has 0 bridgehead atoms. The summed E-state index contributed by atoms with van der Waals surface area (Å²) in [6.45, 7) is 5.85. The molecule has 0 aromatic carbocycles. The number of hydrogen-bond donors (Lipinski definition) is 1. The highest BCUT2D eigenvalue weighted by atomic mass is 16.5. The summed E-state index contributed by atoms with van der Waals surface area (Å²) in [5.41, 5.74) is 1.01. The van der Waals surface area contributed by atoms with Gasteiger partial charge in [0.1, 0.15) is 11.6 Å². The molecular formula is C16H22N6O. The van der Waals surface area contributed by atoms with Crippen LogP contribution in [0.3, 0.4) is 0 Å². The van der Waals surface area contributed by atoms with Gasteiger partial charge in [0.05, 0.1) is 7.11 Å². The fraction of sp³-hybridized carbons (Fsp3) is 0.500. The van der Waals surface area contributed by atoms with Crippen molar-refractivity contribution in [1.29, 1.82) is 0 Å². The van der Waals surface area contributed by atoms with E-state index in [1.165, 1.54) is 0 Å². The fourth-order valence-corrected chi connectivity index (χ4v) is 2.82. The van der Waals surface area contributed by atoms with Gasteiger partial charge in [-0.1, -0.05) is 0 Å². The number of piperidine rings is 1. The summed E-state index contributed by atoms with van der Waals surface area (Å²) in [6, 6.07) is 4.15. The van der Waals surface area contributed by atoms with Gasteiger partial charge >= 0.3 is 0 Å². The Kier molecular flexibility index (Phi) is 4.55. The summed E-state index contributed by atoms with van der Waals surface area (Å²) < 4.78 is 5.13. The maximum Gasteiger partial charge on any atom is 0.226 e. The van der Waals surface area contributed by atoms with Crippen LogP contribution >= 0.6 is 0 Å². The first-order valence-electron chi connectivity index (χ1n) is 7.85. The van der Waals surface area contributed by atoms with E-state index in [-0.39, 0.29) is 0 Å². The predicted molar refractivity (Wildman–Crippen MR) is 88.9 cm³/mol. The van der Waals surface area contributed by atoms with E-state index < -0.39 is 0 Å². The second kappa shape index (κ2) is 6.76. The Morgan fingerprint density at radius 2 is 1.96 bits per heavy atom. The van der Waals surface area contributed by atoms with E-state index in [0.717, 1.165) is 43.3 Å². The molecule has 7 heteroatoms. The van der Waals surface area contributed by atoms with Crippen molar-refractivity contribution in [3.05, 3.63) is 29.8 Å². The summed E-state index contributed by atoms with van der Waals surface area (Å²) >= 11 is 0. The van der Waals surface area contributed by atoms with Crippen molar-refractivity contribution in [2.45, 2.75) is 32.7 Å². The Bertz CT molecular complexity index is 649. The van der Waals surface area contributed by atoms with Crippen LogP contribution in [0.15, 0.2) is 18.3 Å². The Labute approximate surface area is 136 Å². The third-order valence-electron chi connectivity index (χ3n) is 3.94. The van der Waals surface area contributed by atoms with E-state index in [1.54, 1.807) is 19.4 Å². The van der Waals surface area contributed by atoms with Crippen LogP contribution in [-0.4, -0.2) is 46.2 Å². The van der Waals surface area contributed by atoms with Gasteiger partial charge in [0.25, 0.3) is 0 Å². The molecule has 3 rings (SSSR count). The number of hydrogen-bond acceptors (Lipinski definition) is 7. The molecule has 0 radical (unpaired) electrons. The Morgan fingerprint density at radius 3 is 2.65 bits per heavy atom. The quantitative estimate of drug-likeness (QED) is 0.924. The van der Waals surface area contributed by atoms with Crippen molar-refractivity contribution in [2.75, 3.05) is 30.4 Å². The molecule has 2 aromatic heterocycles. The predicted octanol–water partition coefficient (Wildman–Crippen LogP) is 1.97. The molecule has 23 heavy (non-hydrogen) atoms. The topological polar surface area (TPSA) is 76.1 Å². The van der Waals surface area contributed by atoms with Crippen molar-refractivity contribution in [1.82, 2.24) is 19.9 Å². The Hall–Kier alpha value is -2.44. The molecule has 1 aliphatic rings. The van der Waals surface area contributed by atoms with Gasteiger partial charge in [0.15, 0.2) is 0 Å². The van der Waals surface area contributed by atoms with Crippen LogP contribution < -0.4 is 15.0 Å². The van der Waals surface area contributed by atoms with E-state index >= 15 is 0 Å². The lowest BCUT2D eigenvalue weighted by molar-refractivity contribution is 0.397. The molecule has 1 fully saturated rings. The van der Waals surface area contributed by atoms with E-state index in [2.05, 4.69) is 30.2 Å². The van der Waals surface area contributed by atoms with Crippen molar-refractivity contribution in [3.63, 3.8) is 0 Å². The van der Waals surface area contributed by atoms with E-state index in [4.69, 9.17) is 4.74 Å². The monoisotopic (exact) mass is 314 g/mol. The van der Waals surface area contributed by atoms with E-state index in [0.29, 0.717) is 17.9 Å². The maximum atomic E-state index is 5.13. The zero-order valence-electron chi connectivity index (χ0n) is 13.8. The summed E-state index contributed by atoms with van der Waals surface area (Å²) in [4.78, 5) is 19.7. The fourth-order valence-electron chi connectivity index (χ4n) is 2.82. The molecule has 1 aliphatic heterocycles. The first-order chi connectivity index (χ1) is 11.1. The van der Waals surface area contributed by atoms with Crippen molar-refractivity contribution in [2.24, 2.45) is 0 Å². The third-order valence-corrected chi connectivity index (χ3v) is 3.94. The number of aromatic nitrogens is 4. The number of anilines is 2. The molecule has 0 amide bonds.